The van der Waals surface area contributed by atoms with Crippen molar-refractivity contribution in [2.24, 2.45) is 0 Å². The quantitative estimate of drug-likeness (QED) is 0.426. The first kappa shape index (κ1) is 12.2. The van der Waals surface area contributed by atoms with Gasteiger partial charge >= 0.3 is 0 Å². The largest absolute Gasteiger partial charge is 0.388 e. The minimum atomic E-state index is -1.14. The molecule has 0 aliphatic carbocycles. The van der Waals surface area contributed by atoms with Crippen LogP contribution in [0.5, 0.6) is 0 Å². The number of thioether (sulfide) groups is 1. The van der Waals surface area contributed by atoms with Crippen LogP contribution in [0.15, 0.2) is 0 Å². The van der Waals surface area contributed by atoms with E-state index in [1.165, 1.54) is 11.8 Å². The van der Waals surface area contributed by atoms with Gasteiger partial charge in [0.1, 0.15) is 23.7 Å². The van der Waals surface area contributed by atoms with E-state index in [0.29, 0.717) is 12.5 Å². The molecule has 0 spiro atoms. The van der Waals surface area contributed by atoms with E-state index < -0.39 is 23.7 Å². The zero-order valence-corrected chi connectivity index (χ0v) is 8.81. The van der Waals surface area contributed by atoms with Crippen molar-refractivity contribution in [2.75, 3.05) is 19.2 Å². The average Bonchev–Trinajstić information content (AvgIpc) is 2.18. The minimum absolute atomic E-state index is 0.0437. The molecule has 0 aromatic carbocycles. The number of ether oxygens (including phenoxy) is 2. The number of hydrogen-bond acceptors (Lipinski definition) is 6. The van der Waals surface area contributed by atoms with Gasteiger partial charge in [-0.3, -0.25) is 0 Å². The molecule has 0 bridgehead atoms. The van der Waals surface area contributed by atoms with Crippen LogP contribution < -0.4 is 0 Å². The van der Waals surface area contributed by atoms with Crippen LogP contribution in [0.1, 0.15) is 6.92 Å². The van der Waals surface area contributed by atoms with E-state index >= 15 is 0 Å². The molecule has 0 unspecified atom stereocenters. The smallest absolute Gasteiger partial charge is 0.134 e. The van der Waals surface area contributed by atoms with Crippen molar-refractivity contribution in [3.63, 3.8) is 0 Å². The number of aliphatic hydroxyl groups excluding tert-OH is 3. The van der Waals surface area contributed by atoms with Gasteiger partial charge in [-0.1, -0.05) is 11.8 Å². The van der Waals surface area contributed by atoms with Crippen LogP contribution in [0.2, 0.25) is 0 Å². The molecule has 0 radical (unpaired) electrons. The normalized spacial score (nSPS) is 38.6. The highest BCUT2D eigenvalue weighted by molar-refractivity contribution is 7.99. The molecular weight excluding hydrogens is 208 g/mol. The second-order valence-corrected chi connectivity index (χ2v) is 4.06. The molecule has 0 saturated carbocycles. The van der Waals surface area contributed by atoms with Gasteiger partial charge in [0.25, 0.3) is 0 Å². The molecule has 1 rings (SSSR count). The molecule has 1 aliphatic rings. The molecule has 0 aromatic heterocycles. The Balaban J connectivity index is 2.31. The molecule has 14 heavy (non-hydrogen) atoms. The van der Waals surface area contributed by atoms with E-state index in [1.807, 2.05) is 6.92 Å². The Hall–Kier alpha value is 0.150. The van der Waals surface area contributed by atoms with Crippen molar-refractivity contribution in [3.8, 4) is 0 Å². The van der Waals surface area contributed by atoms with Gasteiger partial charge in [-0.05, 0) is 6.92 Å². The highest BCUT2D eigenvalue weighted by Crippen LogP contribution is 2.24. The summed E-state index contributed by atoms with van der Waals surface area (Å²) in [6.45, 7) is 2.51. The lowest BCUT2D eigenvalue weighted by molar-refractivity contribution is -0.161. The van der Waals surface area contributed by atoms with Crippen LogP contribution in [-0.4, -0.2) is 58.2 Å². The Kier molecular flexibility index (Phi) is 5.14. The summed E-state index contributed by atoms with van der Waals surface area (Å²) < 4.78 is 10.2. The Morgan fingerprint density at radius 3 is 2.71 bits per heavy atom. The molecule has 1 heterocycles. The van der Waals surface area contributed by atoms with Crippen LogP contribution >= 0.6 is 11.8 Å². The van der Waals surface area contributed by atoms with Crippen LogP contribution in [-0.2, 0) is 9.47 Å². The number of aliphatic hydroxyl groups is 3. The molecule has 84 valence electrons. The van der Waals surface area contributed by atoms with Gasteiger partial charge < -0.3 is 24.8 Å². The molecular formula is C8H16O5S. The summed E-state index contributed by atoms with van der Waals surface area (Å²) in [5.74, 6) is 0.404. The van der Waals surface area contributed by atoms with Gasteiger partial charge in [-0.15, -0.1) is 0 Å². The Bertz CT molecular complexity index is 168. The molecule has 3 N–H and O–H groups in total. The van der Waals surface area contributed by atoms with E-state index in [4.69, 9.17) is 14.6 Å². The van der Waals surface area contributed by atoms with E-state index in [0.717, 1.165) is 0 Å². The van der Waals surface area contributed by atoms with Gasteiger partial charge in [0.05, 0.1) is 12.5 Å². The van der Waals surface area contributed by atoms with Gasteiger partial charge in [0.2, 0.25) is 0 Å². The van der Waals surface area contributed by atoms with Crippen molar-refractivity contribution in [2.45, 2.75) is 30.7 Å². The fourth-order valence-corrected chi connectivity index (χ4v) is 2.05. The number of hydrogen-bond donors (Lipinski definition) is 3. The third-order valence-electron chi connectivity index (χ3n) is 1.97. The first-order valence-electron chi connectivity index (χ1n) is 4.52. The van der Waals surface area contributed by atoms with Crippen LogP contribution in [0.25, 0.3) is 0 Å². The Labute approximate surface area is 87.0 Å². The van der Waals surface area contributed by atoms with Crippen molar-refractivity contribution in [1.82, 2.24) is 0 Å². The molecule has 0 amide bonds. The SMILES string of the molecule is CCOCS[C@H]1OC[C@H](O)[C@H](O)[C@H]1O. The fraction of sp³-hybridized carbons (Fsp3) is 1.00. The van der Waals surface area contributed by atoms with E-state index in [-0.39, 0.29) is 6.61 Å². The van der Waals surface area contributed by atoms with Gasteiger partial charge in [0.15, 0.2) is 0 Å². The first-order chi connectivity index (χ1) is 6.66. The predicted molar refractivity (Wildman–Crippen MR) is 51.8 cm³/mol. The van der Waals surface area contributed by atoms with Crippen LogP contribution in [0.4, 0.5) is 0 Å². The van der Waals surface area contributed by atoms with Crippen molar-refractivity contribution in [1.29, 1.82) is 0 Å². The molecule has 0 aromatic rings. The Morgan fingerprint density at radius 2 is 2.07 bits per heavy atom. The molecule has 1 aliphatic heterocycles. The van der Waals surface area contributed by atoms with E-state index in [2.05, 4.69) is 0 Å². The van der Waals surface area contributed by atoms with Crippen molar-refractivity contribution < 1.29 is 24.8 Å². The second-order valence-electron chi connectivity index (χ2n) is 3.03. The fourth-order valence-electron chi connectivity index (χ4n) is 1.12. The van der Waals surface area contributed by atoms with Crippen molar-refractivity contribution >= 4 is 11.8 Å². The first-order valence-corrected chi connectivity index (χ1v) is 5.56. The summed E-state index contributed by atoms with van der Waals surface area (Å²) >= 11 is 1.27. The summed E-state index contributed by atoms with van der Waals surface area (Å²) in [6, 6.07) is 0. The Morgan fingerprint density at radius 1 is 1.36 bits per heavy atom. The molecule has 6 heteroatoms. The molecule has 4 atom stereocenters. The zero-order valence-electron chi connectivity index (χ0n) is 8.00. The van der Waals surface area contributed by atoms with Crippen LogP contribution in [0, 0.1) is 0 Å². The summed E-state index contributed by atoms with van der Waals surface area (Å²) in [7, 11) is 0. The standard InChI is InChI=1S/C8H16O5S/c1-2-12-4-14-8-7(11)6(10)5(9)3-13-8/h5-11H,2-4H2,1H3/t5-,6-,7+,8+/m0/s1. The van der Waals surface area contributed by atoms with Gasteiger partial charge in [-0.2, -0.15) is 0 Å². The van der Waals surface area contributed by atoms with Crippen LogP contribution in [0.3, 0.4) is 0 Å². The predicted octanol–water partition coefficient (Wildman–Crippen LogP) is -0.847. The average molecular weight is 224 g/mol. The lowest BCUT2D eigenvalue weighted by Crippen LogP contribution is -2.51. The summed E-state index contributed by atoms with van der Waals surface area (Å²) in [6.07, 6.45) is -3.21. The van der Waals surface area contributed by atoms with E-state index in [9.17, 15) is 10.2 Å². The second kappa shape index (κ2) is 5.89. The third-order valence-corrected chi connectivity index (χ3v) is 3.02. The maximum atomic E-state index is 9.50. The topological polar surface area (TPSA) is 79.2 Å². The number of rotatable bonds is 4. The molecule has 1 fully saturated rings. The van der Waals surface area contributed by atoms with Gasteiger partial charge in [0, 0.05) is 6.61 Å². The third kappa shape index (κ3) is 3.08. The summed E-state index contributed by atoms with van der Waals surface area (Å²) in [4.78, 5) is 0. The highest BCUT2D eigenvalue weighted by atomic mass is 32.2. The molecule has 5 nitrogen and oxygen atoms in total. The lowest BCUT2D eigenvalue weighted by Gasteiger charge is -2.34. The molecule has 1 saturated heterocycles. The lowest BCUT2D eigenvalue weighted by atomic mass is 10.1. The monoisotopic (exact) mass is 224 g/mol. The van der Waals surface area contributed by atoms with Crippen molar-refractivity contribution in [3.05, 3.63) is 0 Å². The van der Waals surface area contributed by atoms with Gasteiger partial charge in [-0.25, -0.2) is 0 Å². The maximum Gasteiger partial charge on any atom is 0.134 e. The summed E-state index contributed by atoms with van der Waals surface area (Å²) in [5, 5.41) is 28.0. The summed E-state index contributed by atoms with van der Waals surface area (Å²) in [5.41, 5.74) is -0.528. The minimum Gasteiger partial charge on any atom is -0.388 e. The maximum absolute atomic E-state index is 9.50. The van der Waals surface area contributed by atoms with E-state index in [1.54, 1.807) is 0 Å². The highest BCUT2D eigenvalue weighted by Gasteiger charge is 2.37. The zero-order chi connectivity index (χ0) is 10.6.